The Balaban J connectivity index is 2.05. The summed E-state index contributed by atoms with van der Waals surface area (Å²) in [5, 5.41) is 2.85. The van der Waals surface area contributed by atoms with E-state index in [1.54, 1.807) is 11.0 Å². The average molecular weight is 292 g/mol. The van der Waals surface area contributed by atoms with Crippen molar-refractivity contribution < 1.29 is 9.59 Å². The van der Waals surface area contributed by atoms with Crippen LogP contribution >= 0.6 is 12.6 Å². The predicted octanol–water partition coefficient (Wildman–Crippen LogP) is 2.56. The van der Waals surface area contributed by atoms with Crippen molar-refractivity contribution in [1.29, 1.82) is 0 Å². The molecule has 1 aliphatic heterocycles. The molecule has 0 spiro atoms. The number of rotatable bonds is 2. The summed E-state index contributed by atoms with van der Waals surface area (Å²) in [6, 6.07) is 7.33. The maximum atomic E-state index is 12.3. The van der Waals surface area contributed by atoms with Gasteiger partial charge in [-0.2, -0.15) is 0 Å². The molecule has 1 heterocycles. The predicted molar refractivity (Wildman–Crippen MR) is 81.9 cm³/mol. The molecule has 1 aromatic carbocycles. The van der Waals surface area contributed by atoms with E-state index in [2.05, 4.69) is 17.9 Å². The number of nitrogens with one attached hydrogen (secondary N) is 1. The zero-order chi connectivity index (χ0) is 14.9. The van der Waals surface area contributed by atoms with Gasteiger partial charge in [-0.3, -0.25) is 9.59 Å². The minimum absolute atomic E-state index is 0.0387. The number of para-hydroxylation sites is 1. The van der Waals surface area contributed by atoms with E-state index >= 15 is 0 Å². The first-order valence-electron chi connectivity index (χ1n) is 6.68. The topological polar surface area (TPSA) is 49.4 Å². The second kappa shape index (κ2) is 5.48. The first kappa shape index (κ1) is 14.9. The number of thiol groups is 1. The number of nitrogens with zero attached hydrogens (tertiary/aromatic N) is 1. The summed E-state index contributed by atoms with van der Waals surface area (Å²) in [5.41, 5.74) is 0.440. The fourth-order valence-electron chi connectivity index (χ4n) is 2.35. The number of amides is 2. The molecule has 0 radical (unpaired) electrons. The largest absolute Gasteiger partial charge is 0.337 e. The molecule has 1 unspecified atom stereocenters. The maximum absolute atomic E-state index is 12.3. The highest BCUT2D eigenvalue weighted by Gasteiger charge is 2.39. The summed E-state index contributed by atoms with van der Waals surface area (Å²) < 4.78 is 0. The van der Waals surface area contributed by atoms with Crippen molar-refractivity contribution in [2.24, 2.45) is 5.92 Å². The molecule has 0 bridgehead atoms. The molecule has 2 amide bonds. The molecule has 1 aromatic rings. The Morgan fingerprint density at radius 3 is 2.55 bits per heavy atom. The number of carbonyl (C=O) groups excluding carboxylic acids is 2. The highest BCUT2D eigenvalue weighted by Crippen LogP contribution is 2.27. The van der Waals surface area contributed by atoms with Gasteiger partial charge in [-0.25, -0.2) is 0 Å². The number of carbonyl (C=O) groups is 2. The number of benzene rings is 1. The third-order valence-corrected chi connectivity index (χ3v) is 3.86. The molecule has 2 rings (SSSR count). The summed E-state index contributed by atoms with van der Waals surface area (Å²) in [7, 11) is 0. The molecule has 20 heavy (non-hydrogen) atoms. The molecular formula is C15H20N2O2S. The third-order valence-electron chi connectivity index (χ3n) is 3.47. The van der Waals surface area contributed by atoms with E-state index in [0.717, 1.165) is 4.90 Å². The fraction of sp³-hybridized carbons (Fsp3) is 0.467. The van der Waals surface area contributed by atoms with Crippen LogP contribution in [0.15, 0.2) is 29.2 Å². The lowest BCUT2D eigenvalue weighted by Crippen LogP contribution is -2.42. The van der Waals surface area contributed by atoms with Gasteiger partial charge in [-0.15, -0.1) is 12.6 Å². The van der Waals surface area contributed by atoms with E-state index in [1.165, 1.54) is 0 Å². The molecule has 5 heteroatoms. The van der Waals surface area contributed by atoms with Crippen LogP contribution in [-0.4, -0.2) is 28.8 Å². The molecule has 1 fully saturated rings. The van der Waals surface area contributed by atoms with Crippen molar-refractivity contribution in [3.63, 3.8) is 0 Å². The van der Waals surface area contributed by atoms with E-state index in [1.807, 2.05) is 39.0 Å². The Kier molecular flexibility index (Phi) is 4.09. The van der Waals surface area contributed by atoms with Gasteiger partial charge in [-0.05, 0) is 32.9 Å². The quantitative estimate of drug-likeness (QED) is 0.823. The zero-order valence-corrected chi connectivity index (χ0v) is 12.9. The number of hydrogen-bond donors (Lipinski definition) is 2. The van der Waals surface area contributed by atoms with Crippen molar-refractivity contribution in [3.05, 3.63) is 24.3 Å². The standard InChI is InChI=1S/C15H20N2O2S/c1-15(2,3)17-9-10(8-13(17)18)14(19)16-11-6-4-5-7-12(11)20/h4-7,10,20H,8-9H2,1-3H3,(H,16,19). The molecule has 0 aromatic heterocycles. The maximum Gasteiger partial charge on any atom is 0.229 e. The van der Waals surface area contributed by atoms with Crippen molar-refractivity contribution in [3.8, 4) is 0 Å². The molecule has 1 N–H and O–H groups in total. The molecule has 1 aliphatic rings. The Labute approximate surface area is 124 Å². The van der Waals surface area contributed by atoms with Crippen molar-refractivity contribution >= 4 is 30.1 Å². The summed E-state index contributed by atoms with van der Waals surface area (Å²) >= 11 is 4.30. The van der Waals surface area contributed by atoms with E-state index in [-0.39, 0.29) is 29.7 Å². The van der Waals surface area contributed by atoms with Crippen LogP contribution < -0.4 is 5.32 Å². The lowest BCUT2D eigenvalue weighted by molar-refractivity contribution is -0.131. The van der Waals surface area contributed by atoms with Crippen LogP contribution in [0.3, 0.4) is 0 Å². The molecule has 4 nitrogen and oxygen atoms in total. The van der Waals surface area contributed by atoms with Crippen LogP contribution in [0.1, 0.15) is 27.2 Å². The second-order valence-electron chi connectivity index (χ2n) is 6.08. The highest BCUT2D eigenvalue weighted by atomic mass is 32.1. The van der Waals surface area contributed by atoms with E-state index < -0.39 is 0 Å². The summed E-state index contributed by atoms with van der Waals surface area (Å²) in [6.07, 6.45) is 0.276. The van der Waals surface area contributed by atoms with Crippen LogP contribution in [0, 0.1) is 5.92 Å². The third kappa shape index (κ3) is 3.15. The van der Waals surface area contributed by atoms with Gasteiger partial charge in [0.25, 0.3) is 0 Å². The molecule has 108 valence electrons. The summed E-state index contributed by atoms with van der Waals surface area (Å²) in [6.45, 7) is 6.42. The minimum atomic E-state index is -0.297. The van der Waals surface area contributed by atoms with Gasteiger partial charge in [0.05, 0.1) is 11.6 Å². The van der Waals surface area contributed by atoms with Crippen molar-refractivity contribution in [2.75, 3.05) is 11.9 Å². The first-order valence-corrected chi connectivity index (χ1v) is 7.13. The Morgan fingerprint density at radius 2 is 2.00 bits per heavy atom. The molecule has 0 aliphatic carbocycles. The number of likely N-dealkylation sites (tertiary alicyclic amines) is 1. The Bertz CT molecular complexity index is 537. The minimum Gasteiger partial charge on any atom is -0.337 e. The summed E-state index contributed by atoms with van der Waals surface area (Å²) in [4.78, 5) is 26.7. The lowest BCUT2D eigenvalue weighted by atomic mass is 10.1. The van der Waals surface area contributed by atoms with Gasteiger partial charge in [-0.1, -0.05) is 12.1 Å². The lowest BCUT2D eigenvalue weighted by Gasteiger charge is -2.31. The monoisotopic (exact) mass is 292 g/mol. The zero-order valence-electron chi connectivity index (χ0n) is 12.0. The van der Waals surface area contributed by atoms with Crippen LogP contribution in [-0.2, 0) is 9.59 Å². The van der Waals surface area contributed by atoms with Crippen molar-refractivity contribution in [1.82, 2.24) is 4.90 Å². The smallest absolute Gasteiger partial charge is 0.229 e. The van der Waals surface area contributed by atoms with Crippen LogP contribution in [0.4, 0.5) is 5.69 Å². The van der Waals surface area contributed by atoms with Crippen LogP contribution in [0.5, 0.6) is 0 Å². The molecular weight excluding hydrogens is 272 g/mol. The first-order chi connectivity index (χ1) is 9.29. The van der Waals surface area contributed by atoms with Gasteiger partial charge in [0.15, 0.2) is 0 Å². The Morgan fingerprint density at radius 1 is 1.35 bits per heavy atom. The Hall–Kier alpha value is -1.49. The normalized spacial score (nSPS) is 19.3. The molecule has 0 saturated carbocycles. The summed E-state index contributed by atoms with van der Waals surface area (Å²) in [5.74, 6) is -0.377. The van der Waals surface area contributed by atoms with E-state index in [9.17, 15) is 9.59 Å². The number of hydrogen-bond acceptors (Lipinski definition) is 3. The van der Waals surface area contributed by atoms with Crippen LogP contribution in [0.25, 0.3) is 0 Å². The fourth-order valence-corrected chi connectivity index (χ4v) is 2.56. The van der Waals surface area contributed by atoms with Gasteiger partial charge in [0, 0.05) is 23.4 Å². The van der Waals surface area contributed by atoms with Gasteiger partial charge in [0.1, 0.15) is 0 Å². The van der Waals surface area contributed by atoms with E-state index in [4.69, 9.17) is 0 Å². The molecule has 1 saturated heterocycles. The van der Waals surface area contributed by atoms with E-state index in [0.29, 0.717) is 12.2 Å². The van der Waals surface area contributed by atoms with Gasteiger partial charge in [0.2, 0.25) is 11.8 Å². The number of anilines is 1. The average Bonchev–Trinajstić information content (AvgIpc) is 2.74. The highest BCUT2D eigenvalue weighted by molar-refractivity contribution is 7.80. The van der Waals surface area contributed by atoms with Gasteiger partial charge >= 0.3 is 0 Å². The van der Waals surface area contributed by atoms with Crippen molar-refractivity contribution in [2.45, 2.75) is 37.6 Å². The molecule has 1 atom stereocenters. The van der Waals surface area contributed by atoms with Crippen LogP contribution in [0.2, 0.25) is 0 Å². The second-order valence-corrected chi connectivity index (χ2v) is 6.56. The van der Waals surface area contributed by atoms with Gasteiger partial charge < -0.3 is 10.2 Å². The SMILES string of the molecule is CC(C)(C)N1CC(C(=O)Nc2ccccc2S)CC1=O.